The molecule has 0 atom stereocenters. The third-order valence-electron chi connectivity index (χ3n) is 2.39. The maximum atomic E-state index is 11.0. The molecule has 15 heavy (non-hydrogen) atoms. The van der Waals surface area contributed by atoms with Gasteiger partial charge in [-0.15, -0.1) is 0 Å². The SMILES string of the molecule is O=C1CC=C(NNc2ccccc2)CC1. The number of hydrogen-bond donors (Lipinski definition) is 2. The number of nitrogens with one attached hydrogen (secondary N) is 2. The third kappa shape index (κ3) is 2.84. The number of benzene rings is 1. The van der Waals surface area contributed by atoms with Crippen LogP contribution in [0.4, 0.5) is 5.69 Å². The number of Topliss-reactive ketones (excluding diaryl/α,β-unsaturated/α-hetero) is 1. The first kappa shape index (κ1) is 9.77. The van der Waals surface area contributed by atoms with E-state index in [0.29, 0.717) is 18.6 Å². The fourth-order valence-electron chi connectivity index (χ4n) is 1.50. The van der Waals surface area contributed by atoms with Crippen molar-refractivity contribution in [2.75, 3.05) is 5.43 Å². The number of anilines is 1. The van der Waals surface area contributed by atoms with Gasteiger partial charge in [-0.05, 0) is 18.6 Å². The van der Waals surface area contributed by atoms with E-state index in [1.807, 2.05) is 36.4 Å². The summed E-state index contributed by atoms with van der Waals surface area (Å²) in [6.07, 6.45) is 3.95. The van der Waals surface area contributed by atoms with Crippen molar-refractivity contribution in [2.45, 2.75) is 19.3 Å². The number of hydrogen-bond acceptors (Lipinski definition) is 3. The molecule has 0 spiro atoms. The van der Waals surface area contributed by atoms with Crippen molar-refractivity contribution in [3.05, 3.63) is 42.1 Å². The number of hydrazine groups is 1. The van der Waals surface area contributed by atoms with E-state index in [9.17, 15) is 4.79 Å². The molecule has 0 radical (unpaired) electrons. The summed E-state index contributed by atoms with van der Waals surface area (Å²) in [5, 5.41) is 0. The Labute approximate surface area is 89.2 Å². The fourth-order valence-corrected chi connectivity index (χ4v) is 1.50. The lowest BCUT2D eigenvalue weighted by molar-refractivity contribution is -0.118. The largest absolute Gasteiger partial charge is 0.305 e. The molecule has 2 rings (SSSR count). The molecule has 0 aromatic heterocycles. The molecule has 0 fully saturated rings. The van der Waals surface area contributed by atoms with Gasteiger partial charge < -0.3 is 10.9 Å². The summed E-state index contributed by atoms with van der Waals surface area (Å²) in [4.78, 5) is 11.0. The van der Waals surface area contributed by atoms with Crippen LogP contribution in [0.1, 0.15) is 19.3 Å². The van der Waals surface area contributed by atoms with Crippen LogP contribution in [0.15, 0.2) is 42.1 Å². The van der Waals surface area contributed by atoms with Gasteiger partial charge in [0.1, 0.15) is 5.78 Å². The second-order valence-electron chi connectivity index (χ2n) is 3.59. The summed E-state index contributed by atoms with van der Waals surface area (Å²) >= 11 is 0. The van der Waals surface area contributed by atoms with Crippen molar-refractivity contribution in [2.24, 2.45) is 0 Å². The molecule has 2 N–H and O–H groups in total. The highest BCUT2D eigenvalue weighted by Gasteiger charge is 2.09. The zero-order valence-corrected chi connectivity index (χ0v) is 8.49. The van der Waals surface area contributed by atoms with Crippen molar-refractivity contribution < 1.29 is 4.79 Å². The van der Waals surface area contributed by atoms with Gasteiger partial charge in [0, 0.05) is 18.5 Å². The van der Waals surface area contributed by atoms with Gasteiger partial charge in [0.2, 0.25) is 0 Å². The molecule has 0 unspecified atom stereocenters. The monoisotopic (exact) mass is 202 g/mol. The van der Waals surface area contributed by atoms with E-state index in [1.54, 1.807) is 0 Å². The molecule has 78 valence electrons. The summed E-state index contributed by atoms with van der Waals surface area (Å²) in [7, 11) is 0. The molecule has 0 amide bonds. The van der Waals surface area contributed by atoms with Gasteiger partial charge in [-0.1, -0.05) is 24.3 Å². The summed E-state index contributed by atoms with van der Waals surface area (Å²) < 4.78 is 0. The van der Waals surface area contributed by atoms with Crippen LogP contribution in [0.3, 0.4) is 0 Å². The van der Waals surface area contributed by atoms with Gasteiger partial charge in [0.05, 0.1) is 5.69 Å². The summed E-state index contributed by atoms with van der Waals surface area (Å²) in [6, 6.07) is 9.90. The van der Waals surface area contributed by atoms with Crippen molar-refractivity contribution in [3.63, 3.8) is 0 Å². The molecule has 3 nitrogen and oxygen atoms in total. The Bertz CT molecular complexity index is 370. The van der Waals surface area contributed by atoms with Crippen LogP contribution < -0.4 is 10.9 Å². The number of allylic oxidation sites excluding steroid dienone is 2. The zero-order chi connectivity index (χ0) is 10.5. The van der Waals surface area contributed by atoms with E-state index >= 15 is 0 Å². The Morgan fingerprint density at radius 3 is 2.47 bits per heavy atom. The molecular weight excluding hydrogens is 188 g/mol. The number of ketones is 1. The molecule has 0 heterocycles. The van der Waals surface area contributed by atoms with Crippen molar-refractivity contribution in [1.29, 1.82) is 0 Å². The Morgan fingerprint density at radius 2 is 1.80 bits per heavy atom. The molecule has 0 saturated heterocycles. The smallest absolute Gasteiger partial charge is 0.137 e. The van der Waals surface area contributed by atoms with Crippen LogP contribution in [0.25, 0.3) is 0 Å². The van der Waals surface area contributed by atoms with Crippen molar-refractivity contribution >= 4 is 11.5 Å². The van der Waals surface area contributed by atoms with Crippen LogP contribution >= 0.6 is 0 Å². The summed E-state index contributed by atoms with van der Waals surface area (Å²) in [6.45, 7) is 0. The first-order valence-electron chi connectivity index (χ1n) is 5.12. The van der Waals surface area contributed by atoms with E-state index in [1.165, 1.54) is 0 Å². The summed E-state index contributed by atoms with van der Waals surface area (Å²) in [5.41, 5.74) is 8.34. The molecule has 0 saturated carbocycles. The normalized spacial score (nSPS) is 15.7. The first-order chi connectivity index (χ1) is 7.34. The maximum absolute atomic E-state index is 11.0. The number of carbonyl (C=O) groups is 1. The molecule has 0 aliphatic heterocycles. The highest BCUT2D eigenvalue weighted by atomic mass is 16.1. The molecule has 0 bridgehead atoms. The first-order valence-corrected chi connectivity index (χ1v) is 5.12. The Balaban J connectivity index is 1.86. The van der Waals surface area contributed by atoms with E-state index in [2.05, 4.69) is 10.9 Å². The molecule has 3 heteroatoms. The average Bonchev–Trinajstić information content (AvgIpc) is 2.30. The minimum Gasteiger partial charge on any atom is -0.305 e. The minimum absolute atomic E-state index is 0.320. The predicted molar refractivity (Wildman–Crippen MR) is 60.1 cm³/mol. The third-order valence-corrected chi connectivity index (χ3v) is 2.39. The van der Waals surface area contributed by atoms with Gasteiger partial charge >= 0.3 is 0 Å². The van der Waals surface area contributed by atoms with E-state index < -0.39 is 0 Å². The van der Waals surface area contributed by atoms with Crippen LogP contribution in [0.5, 0.6) is 0 Å². The number of para-hydroxylation sites is 1. The Hall–Kier alpha value is -1.77. The average molecular weight is 202 g/mol. The van der Waals surface area contributed by atoms with Gasteiger partial charge in [0.25, 0.3) is 0 Å². The van der Waals surface area contributed by atoms with Gasteiger partial charge in [-0.2, -0.15) is 0 Å². The molecule has 1 aliphatic rings. The van der Waals surface area contributed by atoms with E-state index in [-0.39, 0.29) is 0 Å². The second-order valence-corrected chi connectivity index (χ2v) is 3.59. The quantitative estimate of drug-likeness (QED) is 0.738. The Kier molecular flexibility index (Phi) is 3.02. The molecule has 1 aromatic carbocycles. The van der Waals surface area contributed by atoms with Crippen LogP contribution in [-0.2, 0) is 4.79 Å². The maximum Gasteiger partial charge on any atom is 0.137 e. The highest BCUT2D eigenvalue weighted by molar-refractivity contribution is 5.81. The van der Waals surface area contributed by atoms with Gasteiger partial charge in [0.15, 0.2) is 0 Å². The van der Waals surface area contributed by atoms with Gasteiger partial charge in [-0.25, -0.2) is 0 Å². The second kappa shape index (κ2) is 4.64. The van der Waals surface area contributed by atoms with Crippen molar-refractivity contribution in [3.8, 4) is 0 Å². The molecule has 1 aliphatic carbocycles. The van der Waals surface area contributed by atoms with Gasteiger partial charge in [-0.3, -0.25) is 4.79 Å². The minimum atomic E-state index is 0.320. The summed E-state index contributed by atoms with van der Waals surface area (Å²) in [5.74, 6) is 0.320. The van der Waals surface area contributed by atoms with Crippen LogP contribution in [-0.4, -0.2) is 5.78 Å². The topological polar surface area (TPSA) is 41.1 Å². The number of rotatable bonds is 3. The predicted octanol–water partition coefficient (Wildman–Crippen LogP) is 2.24. The van der Waals surface area contributed by atoms with Crippen molar-refractivity contribution in [1.82, 2.24) is 5.43 Å². The molecular formula is C12H14N2O. The molecule has 1 aromatic rings. The number of carbonyl (C=O) groups excluding carboxylic acids is 1. The lowest BCUT2D eigenvalue weighted by Gasteiger charge is -2.15. The van der Waals surface area contributed by atoms with Crippen LogP contribution in [0, 0.1) is 0 Å². The van der Waals surface area contributed by atoms with Crippen LogP contribution in [0.2, 0.25) is 0 Å². The fraction of sp³-hybridized carbons (Fsp3) is 0.250. The highest BCUT2D eigenvalue weighted by Crippen LogP contribution is 2.12. The standard InChI is InChI=1S/C12H14N2O/c15-12-8-6-11(7-9-12)14-13-10-4-2-1-3-5-10/h1-6,13-14H,7-9H2. The van der Waals surface area contributed by atoms with E-state index in [0.717, 1.165) is 17.8 Å². The zero-order valence-electron chi connectivity index (χ0n) is 8.49. The lowest BCUT2D eigenvalue weighted by Crippen LogP contribution is -2.23. The Morgan fingerprint density at radius 1 is 1.00 bits per heavy atom. The van der Waals surface area contributed by atoms with E-state index in [4.69, 9.17) is 0 Å². The lowest BCUT2D eigenvalue weighted by atomic mass is 10.0.